The van der Waals surface area contributed by atoms with Crippen molar-refractivity contribution in [1.29, 1.82) is 0 Å². The van der Waals surface area contributed by atoms with Gasteiger partial charge in [-0.2, -0.15) is 0 Å². The van der Waals surface area contributed by atoms with Crippen LogP contribution < -0.4 is 5.73 Å². The first kappa shape index (κ1) is 15.5. The number of carboxylic acids is 1. The van der Waals surface area contributed by atoms with Crippen LogP contribution in [0.4, 0.5) is 0 Å². The van der Waals surface area contributed by atoms with Crippen LogP contribution >= 0.6 is 0 Å². The molecule has 0 bridgehead atoms. The number of aliphatic carboxylic acids is 1. The van der Waals surface area contributed by atoms with Crippen LogP contribution in [0.15, 0.2) is 24.3 Å². The highest BCUT2D eigenvalue weighted by Crippen LogP contribution is 2.27. The van der Waals surface area contributed by atoms with Crippen molar-refractivity contribution in [1.82, 2.24) is 4.90 Å². The predicted octanol–water partition coefficient (Wildman–Crippen LogP) is 1.40. The van der Waals surface area contributed by atoms with E-state index in [0.29, 0.717) is 13.0 Å². The summed E-state index contributed by atoms with van der Waals surface area (Å²) in [6.45, 7) is 5.94. The van der Waals surface area contributed by atoms with Crippen LogP contribution in [-0.4, -0.2) is 34.0 Å². The number of nitrogens with two attached hydrogens (primary N) is 1. The average molecular weight is 290 g/mol. The molecule has 0 saturated carbocycles. The molecule has 5 heteroatoms. The quantitative estimate of drug-likeness (QED) is 0.862. The van der Waals surface area contributed by atoms with Gasteiger partial charge in [-0.15, -0.1) is 0 Å². The molecule has 5 nitrogen and oxygen atoms in total. The molecule has 2 rings (SSSR count). The van der Waals surface area contributed by atoms with Gasteiger partial charge in [-0.25, -0.2) is 4.79 Å². The number of carbonyl (C=O) groups excluding carboxylic acids is 1. The van der Waals surface area contributed by atoms with Crippen molar-refractivity contribution < 1.29 is 14.7 Å². The summed E-state index contributed by atoms with van der Waals surface area (Å²) in [7, 11) is 0. The topological polar surface area (TPSA) is 83.6 Å². The molecular formula is C16H22N2O3. The number of hydrogen-bond acceptors (Lipinski definition) is 3. The summed E-state index contributed by atoms with van der Waals surface area (Å²) in [5.41, 5.74) is 7.59. The van der Waals surface area contributed by atoms with Gasteiger partial charge in [0.15, 0.2) is 0 Å². The molecule has 1 heterocycles. The monoisotopic (exact) mass is 290 g/mol. The van der Waals surface area contributed by atoms with E-state index in [0.717, 1.165) is 11.1 Å². The van der Waals surface area contributed by atoms with Crippen molar-refractivity contribution in [2.75, 3.05) is 0 Å². The third-order valence-corrected chi connectivity index (χ3v) is 4.02. The van der Waals surface area contributed by atoms with Crippen LogP contribution in [0.25, 0.3) is 0 Å². The Morgan fingerprint density at radius 2 is 1.86 bits per heavy atom. The molecule has 0 aromatic heterocycles. The SMILES string of the molecule is CC(C)(C)[C@H](N)C(=O)N1Cc2ccccc2CC1C(=O)O. The van der Waals surface area contributed by atoms with Crippen LogP contribution in [0.5, 0.6) is 0 Å². The van der Waals surface area contributed by atoms with E-state index < -0.39 is 23.5 Å². The summed E-state index contributed by atoms with van der Waals surface area (Å²) in [4.78, 5) is 25.5. The lowest BCUT2D eigenvalue weighted by Crippen LogP contribution is -2.56. The Morgan fingerprint density at radius 3 is 2.38 bits per heavy atom. The maximum atomic E-state index is 12.6. The van der Waals surface area contributed by atoms with E-state index in [1.807, 2.05) is 45.0 Å². The van der Waals surface area contributed by atoms with Gasteiger partial charge in [0, 0.05) is 13.0 Å². The maximum absolute atomic E-state index is 12.6. The number of rotatable bonds is 2. The third kappa shape index (κ3) is 3.08. The summed E-state index contributed by atoms with van der Waals surface area (Å²) in [6.07, 6.45) is 0.327. The number of amides is 1. The van der Waals surface area contributed by atoms with Crippen LogP contribution in [-0.2, 0) is 22.6 Å². The Morgan fingerprint density at radius 1 is 1.29 bits per heavy atom. The lowest BCUT2D eigenvalue weighted by Gasteiger charge is -2.38. The van der Waals surface area contributed by atoms with Crippen LogP contribution in [0, 0.1) is 5.41 Å². The highest BCUT2D eigenvalue weighted by atomic mass is 16.4. The van der Waals surface area contributed by atoms with Gasteiger partial charge < -0.3 is 15.7 Å². The van der Waals surface area contributed by atoms with Gasteiger partial charge in [-0.3, -0.25) is 4.79 Å². The normalized spacial score (nSPS) is 19.8. The van der Waals surface area contributed by atoms with Crippen molar-refractivity contribution >= 4 is 11.9 Å². The Kier molecular flexibility index (Phi) is 4.05. The number of benzene rings is 1. The molecule has 3 N–H and O–H groups in total. The van der Waals surface area contributed by atoms with E-state index in [1.54, 1.807) is 0 Å². The zero-order valence-electron chi connectivity index (χ0n) is 12.7. The average Bonchev–Trinajstić information content (AvgIpc) is 2.43. The molecule has 0 saturated heterocycles. The highest BCUT2D eigenvalue weighted by molar-refractivity contribution is 5.88. The largest absolute Gasteiger partial charge is 0.480 e. The first-order valence-electron chi connectivity index (χ1n) is 7.07. The van der Waals surface area contributed by atoms with Crippen molar-refractivity contribution in [2.24, 2.45) is 11.1 Å². The minimum Gasteiger partial charge on any atom is -0.480 e. The first-order chi connectivity index (χ1) is 9.71. The van der Waals surface area contributed by atoms with Gasteiger partial charge in [0.05, 0.1) is 6.04 Å². The summed E-state index contributed by atoms with van der Waals surface area (Å²) in [5, 5.41) is 9.43. The second kappa shape index (κ2) is 5.48. The number of fused-ring (bicyclic) bond motifs is 1. The molecule has 1 aliphatic rings. The molecule has 0 spiro atoms. The molecule has 114 valence electrons. The van der Waals surface area contributed by atoms with Gasteiger partial charge >= 0.3 is 5.97 Å². The fraction of sp³-hybridized carbons (Fsp3) is 0.500. The third-order valence-electron chi connectivity index (χ3n) is 4.02. The lowest BCUT2D eigenvalue weighted by atomic mass is 9.85. The molecule has 0 fully saturated rings. The van der Waals surface area contributed by atoms with Gasteiger partial charge in [0.25, 0.3) is 0 Å². The van der Waals surface area contributed by atoms with Gasteiger partial charge in [0.1, 0.15) is 6.04 Å². The fourth-order valence-corrected chi connectivity index (χ4v) is 2.52. The molecule has 1 amide bonds. The molecule has 0 radical (unpaired) electrons. The molecule has 1 aromatic rings. The molecule has 2 atom stereocenters. The molecule has 1 aromatic carbocycles. The Bertz CT molecular complexity index is 563. The summed E-state index contributed by atoms with van der Waals surface area (Å²) in [5.74, 6) is -1.29. The van der Waals surface area contributed by atoms with Gasteiger partial charge in [-0.05, 0) is 16.5 Å². The highest BCUT2D eigenvalue weighted by Gasteiger charge is 2.39. The predicted molar refractivity (Wildman–Crippen MR) is 79.6 cm³/mol. The van der Waals surface area contributed by atoms with Gasteiger partial charge in [0.2, 0.25) is 5.91 Å². The number of hydrogen-bond donors (Lipinski definition) is 2. The van der Waals surface area contributed by atoms with Crippen LogP contribution in [0.3, 0.4) is 0 Å². The van der Waals surface area contributed by atoms with Crippen molar-refractivity contribution in [3.8, 4) is 0 Å². The van der Waals surface area contributed by atoms with E-state index >= 15 is 0 Å². The Labute approximate surface area is 124 Å². The first-order valence-corrected chi connectivity index (χ1v) is 7.07. The van der Waals surface area contributed by atoms with Crippen LogP contribution in [0.1, 0.15) is 31.9 Å². The second-order valence-corrected chi connectivity index (χ2v) is 6.64. The van der Waals surface area contributed by atoms with E-state index in [1.165, 1.54) is 4.90 Å². The number of carbonyl (C=O) groups is 2. The molecule has 0 aliphatic carbocycles. The summed E-state index contributed by atoms with van der Waals surface area (Å²) < 4.78 is 0. The molecular weight excluding hydrogens is 268 g/mol. The van der Waals surface area contributed by atoms with Crippen LogP contribution in [0.2, 0.25) is 0 Å². The standard InChI is InChI=1S/C16H22N2O3/c1-16(2,3)13(17)14(19)18-9-11-7-5-4-6-10(11)8-12(18)15(20)21/h4-7,12-13H,8-9,17H2,1-3H3,(H,20,21)/t12?,13-/m1/s1. The van der Waals surface area contributed by atoms with E-state index in [9.17, 15) is 14.7 Å². The summed E-state index contributed by atoms with van der Waals surface area (Å²) >= 11 is 0. The Balaban J connectivity index is 2.33. The van der Waals surface area contributed by atoms with E-state index in [4.69, 9.17) is 5.73 Å². The second-order valence-electron chi connectivity index (χ2n) is 6.64. The fourth-order valence-electron chi connectivity index (χ4n) is 2.52. The molecule has 1 aliphatic heterocycles. The lowest BCUT2D eigenvalue weighted by molar-refractivity contribution is -0.153. The number of carboxylic acid groups (broad SMARTS) is 1. The minimum absolute atomic E-state index is 0.301. The maximum Gasteiger partial charge on any atom is 0.326 e. The smallest absolute Gasteiger partial charge is 0.326 e. The summed E-state index contributed by atoms with van der Waals surface area (Å²) in [6, 6.07) is 6.06. The van der Waals surface area contributed by atoms with Crippen molar-refractivity contribution in [3.63, 3.8) is 0 Å². The number of nitrogens with zero attached hydrogens (tertiary/aromatic N) is 1. The Hall–Kier alpha value is -1.88. The van der Waals surface area contributed by atoms with Crippen molar-refractivity contribution in [3.05, 3.63) is 35.4 Å². The molecule has 21 heavy (non-hydrogen) atoms. The molecule has 1 unspecified atom stereocenters. The van der Waals surface area contributed by atoms with Gasteiger partial charge in [-0.1, -0.05) is 45.0 Å². The zero-order valence-corrected chi connectivity index (χ0v) is 12.7. The van der Waals surface area contributed by atoms with E-state index in [2.05, 4.69) is 0 Å². The zero-order chi connectivity index (χ0) is 15.8. The minimum atomic E-state index is -0.987. The van der Waals surface area contributed by atoms with E-state index in [-0.39, 0.29) is 5.91 Å². The van der Waals surface area contributed by atoms with Crippen molar-refractivity contribution in [2.45, 2.75) is 45.8 Å².